The van der Waals surface area contributed by atoms with Crippen molar-refractivity contribution >= 4 is 10.9 Å². The first kappa shape index (κ1) is 10.8. The molecule has 2 heterocycles. The van der Waals surface area contributed by atoms with Crippen molar-refractivity contribution in [1.29, 1.82) is 0 Å². The van der Waals surface area contributed by atoms with Crippen molar-refractivity contribution in [2.75, 3.05) is 20.1 Å². The van der Waals surface area contributed by atoms with Gasteiger partial charge in [0.15, 0.2) is 0 Å². The van der Waals surface area contributed by atoms with Gasteiger partial charge < -0.3 is 9.47 Å². The minimum absolute atomic E-state index is 0.810. The van der Waals surface area contributed by atoms with Gasteiger partial charge in [0, 0.05) is 24.8 Å². The number of likely N-dealkylation sites (tertiary alicyclic amines) is 1. The smallest absolute Gasteiger partial charge is 0.0480 e. The lowest BCUT2D eigenvalue weighted by molar-refractivity contribution is 0.196. The SMILES string of the molecule is CN1CCC[C@@H](Cn2ccc3ccccc32)C1. The Balaban J connectivity index is 1.80. The molecule has 1 atom stereocenters. The van der Waals surface area contributed by atoms with Gasteiger partial charge in [-0.25, -0.2) is 0 Å². The van der Waals surface area contributed by atoms with E-state index in [1.807, 2.05) is 0 Å². The van der Waals surface area contributed by atoms with Gasteiger partial charge in [-0.15, -0.1) is 0 Å². The van der Waals surface area contributed by atoms with E-state index in [1.54, 1.807) is 0 Å². The number of nitrogens with zero attached hydrogens (tertiary/aromatic N) is 2. The van der Waals surface area contributed by atoms with Crippen molar-refractivity contribution < 1.29 is 0 Å². The monoisotopic (exact) mass is 228 g/mol. The van der Waals surface area contributed by atoms with E-state index >= 15 is 0 Å². The number of para-hydroxylation sites is 1. The Bertz CT molecular complexity index is 500. The average molecular weight is 228 g/mol. The summed E-state index contributed by atoms with van der Waals surface area (Å²) in [5.41, 5.74) is 1.38. The number of fused-ring (bicyclic) bond motifs is 1. The van der Waals surface area contributed by atoms with E-state index in [9.17, 15) is 0 Å². The molecule has 2 heteroatoms. The van der Waals surface area contributed by atoms with Gasteiger partial charge in [0.05, 0.1) is 0 Å². The first-order chi connectivity index (χ1) is 8.33. The van der Waals surface area contributed by atoms with Gasteiger partial charge >= 0.3 is 0 Å². The quantitative estimate of drug-likeness (QED) is 0.767. The van der Waals surface area contributed by atoms with Gasteiger partial charge in [-0.1, -0.05) is 18.2 Å². The van der Waals surface area contributed by atoms with Crippen LogP contribution in [-0.2, 0) is 6.54 Å². The summed E-state index contributed by atoms with van der Waals surface area (Å²) in [5, 5.41) is 1.36. The van der Waals surface area contributed by atoms with E-state index in [2.05, 4.69) is 53.0 Å². The highest BCUT2D eigenvalue weighted by atomic mass is 15.1. The summed E-state index contributed by atoms with van der Waals surface area (Å²) in [5.74, 6) is 0.810. The van der Waals surface area contributed by atoms with Crippen LogP contribution in [0.2, 0.25) is 0 Å². The number of rotatable bonds is 2. The predicted octanol–water partition coefficient (Wildman–Crippen LogP) is 2.98. The fraction of sp³-hybridized carbons (Fsp3) is 0.467. The molecule has 2 aromatic rings. The van der Waals surface area contributed by atoms with Crippen molar-refractivity contribution in [2.45, 2.75) is 19.4 Å². The summed E-state index contributed by atoms with van der Waals surface area (Å²) >= 11 is 0. The first-order valence-electron chi connectivity index (χ1n) is 6.55. The Morgan fingerprint density at radius 1 is 1.24 bits per heavy atom. The van der Waals surface area contributed by atoms with Gasteiger partial charge in [0.1, 0.15) is 0 Å². The fourth-order valence-electron chi connectivity index (χ4n) is 3.00. The van der Waals surface area contributed by atoms with Crippen LogP contribution < -0.4 is 0 Å². The van der Waals surface area contributed by atoms with Crippen LogP contribution in [0.25, 0.3) is 10.9 Å². The van der Waals surface area contributed by atoms with Crippen LogP contribution in [0.5, 0.6) is 0 Å². The second-order valence-electron chi connectivity index (χ2n) is 5.30. The summed E-state index contributed by atoms with van der Waals surface area (Å²) in [6, 6.07) is 10.9. The molecule has 17 heavy (non-hydrogen) atoms. The number of benzene rings is 1. The molecule has 1 aliphatic rings. The average Bonchev–Trinajstić information content (AvgIpc) is 2.73. The Labute approximate surface area is 103 Å². The van der Waals surface area contributed by atoms with Gasteiger partial charge in [0.2, 0.25) is 0 Å². The summed E-state index contributed by atoms with van der Waals surface area (Å²) in [6.07, 6.45) is 4.95. The molecule has 0 saturated carbocycles. The fourth-order valence-corrected chi connectivity index (χ4v) is 3.00. The summed E-state index contributed by atoms with van der Waals surface area (Å²) in [7, 11) is 2.24. The first-order valence-corrected chi connectivity index (χ1v) is 6.55. The molecule has 0 unspecified atom stereocenters. The van der Waals surface area contributed by atoms with Crippen LogP contribution in [0.3, 0.4) is 0 Å². The molecule has 2 nitrogen and oxygen atoms in total. The molecule has 1 aromatic heterocycles. The standard InChI is InChI=1S/C15H20N2/c1-16-9-4-5-13(11-16)12-17-10-8-14-6-2-3-7-15(14)17/h2-3,6-8,10,13H,4-5,9,11-12H2,1H3/t13-/m1/s1. The minimum Gasteiger partial charge on any atom is -0.347 e. The molecular formula is C15H20N2. The van der Waals surface area contributed by atoms with Gasteiger partial charge in [-0.3, -0.25) is 0 Å². The highest BCUT2D eigenvalue weighted by molar-refractivity contribution is 5.79. The van der Waals surface area contributed by atoms with Gasteiger partial charge in [-0.05, 0) is 49.9 Å². The van der Waals surface area contributed by atoms with Crippen LogP contribution >= 0.6 is 0 Å². The third kappa shape index (κ3) is 2.22. The van der Waals surface area contributed by atoms with Crippen LogP contribution in [0.4, 0.5) is 0 Å². The second kappa shape index (κ2) is 4.53. The summed E-state index contributed by atoms with van der Waals surface area (Å²) < 4.78 is 2.42. The molecule has 0 aliphatic carbocycles. The van der Waals surface area contributed by atoms with Crippen molar-refractivity contribution in [3.05, 3.63) is 36.5 Å². The molecule has 0 bridgehead atoms. The lowest BCUT2D eigenvalue weighted by atomic mass is 9.98. The molecule has 3 rings (SSSR count). The zero-order chi connectivity index (χ0) is 11.7. The second-order valence-corrected chi connectivity index (χ2v) is 5.30. The van der Waals surface area contributed by atoms with Gasteiger partial charge in [0.25, 0.3) is 0 Å². The number of piperidine rings is 1. The largest absolute Gasteiger partial charge is 0.347 e. The third-order valence-corrected chi connectivity index (χ3v) is 3.86. The zero-order valence-electron chi connectivity index (χ0n) is 10.5. The molecule has 0 spiro atoms. The number of hydrogen-bond acceptors (Lipinski definition) is 1. The lowest BCUT2D eigenvalue weighted by Gasteiger charge is -2.30. The van der Waals surface area contributed by atoms with E-state index in [1.165, 1.54) is 36.8 Å². The predicted molar refractivity (Wildman–Crippen MR) is 72.2 cm³/mol. The zero-order valence-corrected chi connectivity index (χ0v) is 10.5. The van der Waals surface area contributed by atoms with Crippen LogP contribution in [0, 0.1) is 5.92 Å². The van der Waals surface area contributed by atoms with Crippen molar-refractivity contribution in [3.63, 3.8) is 0 Å². The maximum atomic E-state index is 2.46. The maximum absolute atomic E-state index is 2.46. The Kier molecular flexibility index (Phi) is 2.89. The van der Waals surface area contributed by atoms with Crippen molar-refractivity contribution in [1.82, 2.24) is 9.47 Å². The Morgan fingerprint density at radius 2 is 2.12 bits per heavy atom. The molecular weight excluding hydrogens is 208 g/mol. The minimum atomic E-state index is 0.810. The molecule has 1 aromatic carbocycles. The Hall–Kier alpha value is -1.28. The molecule has 90 valence electrons. The van der Waals surface area contributed by atoms with Crippen LogP contribution in [-0.4, -0.2) is 29.6 Å². The maximum Gasteiger partial charge on any atom is 0.0480 e. The highest BCUT2D eigenvalue weighted by Crippen LogP contribution is 2.21. The lowest BCUT2D eigenvalue weighted by Crippen LogP contribution is -2.33. The highest BCUT2D eigenvalue weighted by Gasteiger charge is 2.17. The molecule has 0 N–H and O–H groups in total. The van der Waals surface area contributed by atoms with Crippen molar-refractivity contribution in [3.8, 4) is 0 Å². The van der Waals surface area contributed by atoms with Gasteiger partial charge in [-0.2, -0.15) is 0 Å². The molecule has 0 radical (unpaired) electrons. The summed E-state index contributed by atoms with van der Waals surface area (Å²) in [4.78, 5) is 2.46. The molecule has 1 saturated heterocycles. The summed E-state index contributed by atoms with van der Waals surface area (Å²) in [6.45, 7) is 3.67. The Morgan fingerprint density at radius 3 is 3.00 bits per heavy atom. The normalized spacial score (nSPS) is 22.1. The van der Waals surface area contributed by atoms with Crippen LogP contribution in [0.15, 0.2) is 36.5 Å². The van der Waals surface area contributed by atoms with Crippen LogP contribution in [0.1, 0.15) is 12.8 Å². The van der Waals surface area contributed by atoms with E-state index in [0.29, 0.717) is 0 Å². The van der Waals surface area contributed by atoms with E-state index in [0.717, 1.165) is 12.5 Å². The molecule has 1 fully saturated rings. The third-order valence-electron chi connectivity index (χ3n) is 3.86. The number of aromatic nitrogens is 1. The van der Waals surface area contributed by atoms with E-state index < -0.39 is 0 Å². The molecule has 1 aliphatic heterocycles. The topological polar surface area (TPSA) is 8.17 Å². The van der Waals surface area contributed by atoms with E-state index in [4.69, 9.17) is 0 Å². The molecule has 0 amide bonds. The van der Waals surface area contributed by atoms with Crippen molar-refractivity contribution in [2.24, 2.45) is 5.92 Å². The van der Waals surface area contributed by atoms with E-state index in [-0.39, 0.29) is 0 Å². The number of hydrogen-bond donors (Lipinski definition) is 0.